The summed E-state index contributed by atoms with van der Waals surface area (Å²) in [6.45, 7) is 4.22. The van der Waals surface area contributed by atoms with Gasteiger partial charge in [-0.1, -0.05) is 66.2 Å². The molecule has 7 rings (SSSR count). The SMILES string of the molecule is N#C[C@@H](c1ccccc1-c1ccc(Cl)cc1)C1CCN(c2ccc(C(=O)NS(=O)(=O)c3ccc(NC(CCN4CCOCC4)CSc4ccccc4)c(S(=O)(=O)C(F)(F)F)c3)cc2)CC1. The molecule has 5 aromatic carbocycles. The molecular weight excluding hydrogens is 919 g/mol. The third kappa shape index (κ3) is 11.8. The second-order valence-electron chi connectivity index (χ2n) is 15.8. The molecule has 18 heteroatoms. The summed E-state index contributed by atoms with van der Waals surface area (Å²) in [4.78, 5) is 16.4. The Morgan fingerprint density at radius 2 is 1.52 bits per heavy atom. The minimum Gasteiger partial charge on any atom is -0.380 e. The molecule has 2 N–H and O–H groups in total. The monoisotopic (exact) mass is 965 g/mol. The fourth-order valence-corrected chi connectivity index (χ4v) is 11.2. The maximum atomic E-state index is 14.2. The summed E-state index contributed by atoms with van der Waals surface area (Å²) in [5, 5.41) is 14.0. The number of nitriles is 1. The van der Waals surface area contributed by atoms with Crippen LogP contribution in [0, 0.1) is 17.2 Å². The fraction of sp³-hybridized carbons (Fsp3) is 0.319. The van der Waals surface area contributed by atoms with Crippen LogP contribution in [0.2, 0.25) is 5.02 Å². The number of anilines is 2. The van der Waals surface area contributed by atoms with Crippen molar-refractivity contribution < 1.29 is 39.5 Å². The molecule has 0 radical (unpaired) electrons. The molecule has 342 valence electrons. The highest BCUT2D eigenvalue weighted by Gasteiger charge is 2.48. The number of sulfonamides is 1. The van der Waals surface area contributed by atoms with E-state index in [1.54, 1.807) is 12.1 Å². The van der Waals surface area contributed by atoms with E-state index in [1.807, 2.05) is 83.6 Å². The molecule has 2 saturated heterocycles. The van der Waals surface area contributed by atoms with Crippen LogP contribution in [0.5, 0.6) is 0 Å². The van der Waals surface area contributed by atoms with Gasteiger partial charge in [-0.2, -0.15) is 18.4 Å². The van der Waals surface area contributed by atoms with Crippen molar-refractivity contribution in [3.8, 4) is 17.2 Å². The number of thioether (sulfide) groups is 1. The topological polar surface area (TPSA) is 149 Å². The number of nitrogens with zero attached hydrogens (tertiary/aromatic N) is 3. The van der Waals surface area contributed by atoms with E-state index in [1.165, 1.54) is 23.9 Å². The highest BCUT2D eigenvalue weighted by molar-refractivity contribution is 7.99. The number of carbonyl (C=O) groups is 1. The summed E-state index contributed by atoms with van der Waals surface area (Å²) in [6, 6.07) is 35.3. The first-order valence-electron chi connectivity index (χ1n) is 21.0. The van der Waals surface area contributed by atoms with E-state index in [-0.39, 0.29) is 17.4 Å². The smallest absolute Gasteiger partial charge is 0.380 e. The van der Waals surface area contributed by atoms with Crippen molar-refractivity contribution in [2.24, 2.45) is 5.92 Å². The molecule has 2 fully saturated rings. The summed E-state index contributed by atoms with van der Waals surface area (Å²) in [5.41, 5.74) is -2.55. The molecule has 1 amide bonds. The number of hydrogen-bond donors (Lipinski definition) is 2. The second-order valence-corrected chi connectivity index (χ2v) is 20.9. The van der Waals surface area contributed by atoms with Crippen molar-refractivity contribution in [1.82, 2.24) is 9.62 Å². The minimum absolute atomic E-state index is 0.0454. The van der Waals surface area contributed by atoms with Crippen LogP contribution in [0.25, 0.3) is 11.1 Å². The first kappa shape index (κ1) is 47.9. The number of sulfone groups is 1. The van der Waals surface area contributed by atoms with E-state index in [4.69, 9.17) is 16.3 Å². The van der Waals surface area contributed by atoms with Crippen LogP contribution in [0.4, 0.5) is 24.5 Å². The zero-order chi connectivity index (χ0) is 46.2. The van der Waals surface area contributed by atoms with Crippen LogP contribution in [0.1, 0.15) is 41.1 Å². The highest BCUT2D eigenvalue weighted by Crippen LogP contribution is 2.40. The number of morpholine rings is 1. The quantitative estimate of drug-likeness (QED) is 0.0912. The van der Waals surface area contributed by atoms with Crippen molar-refractivity contribution in [2.75, 3.05) is 61.9 Å². The van der Waals surface area contributed by atoms with Gasteiger partial charge in [0.25, 0.3) is 25.8 Å². The Morgan fingerprint density at radius 1 is 0.862 bits per heavy atom. The lowest BCUT2D eigenvalue weighted by molar-refractivity contribution is -0.0435. The van der Waals surface area contributed by atoms with Crippen molar-refractivity contribution in [1.29, 1.82) is 5.26 Å². The van der Waals surface area contributed by atoms with Gasteiger partial charge in [0, 0.05) is 65.7 Å². The number of amides is 1. The van der Waals surface area contributed by atoms with E-state index in [0.717, 1.165) is 52.2 Å². The van der Waals surface area contributed by atoms with Crippen molar-refractivity contribution in [3.63, 3.8) is 0 Å². The maximum Gasteiger partial charge on any atom is 0.501 e. The van der Waals surface area contributed by atoms with Gasteiger partial charge in [-0.15, -0.1) is 11.8 Å². The largest absolute Gasteiger partial charge is 0.501 e. The summed E-state index contributed by atoms with van der Waals surface area (Å²) in [7, 11) is -10.9. The highest BCUT2D eigenvalue weighted by atomic mass is 35.5. The lowest BCUT2D eigenvalue weighted by atomic mass is 9.78. The van der Waals surface area contributed by atoms with E-state index in [9.17, 15) is 40.1 Å². The number of piperidine rings is 1. The van der Waals surface area contributed by atoms with Crippen LogP contribution in [-0.4, -0.2) is 90.9 Å². The Hall–Kier alpha value is -5.09. The van der Waals surface area contributed by atoms with E-state index >= 15 is 0 Å². The van der Waals surface area contributed by atoms with Gasteiger partial charge in [-0.25, -0.2) is 21.6 Å². The van der Waals surface area contributed by atoms with Crippen LogP contribution in [0.3, 0.4) is 0 Å². The number of alkyl halides is 3. The van der Waals surface area contributed by atoms with Crippen LogP contribution in [-0.2, 0) is 24.6 Å². The molecule has 5 aromatic rings. The third-order valence-electron chi connectivity index (χ3n) is 11.6. The van der Waals surface area contributed by atoms with Crippen molar-refractivity contribution in [2.45, 2.75) is 51.4 Å². The summed E-state index contributed by atoms with van der Waals surface area (Å²) in [6.07, 6.45) is 1.87. The number of benzene rings is 5. The third-order valence-corrected chi connectivity index (χ3v) is 15.9. The van der Waals surface area contributed by atoms with Gasteiger partial charge in [-0.3, -0.25) is 9.69 Å². The molecule has 1 unspecified atom stereocenters. The summed E-state index contributed by atoms with van der Waals surface area (Å²) < 4.78 is 103. The number of ether oxygens (including phenoxy) is 1. The molecule has 65 heavy (non-hydrogen) atoms. The molecule has 0 spiro atoms. The molecule has 0 bridgehead atoms. The van der Waals surface area contributed by atoms with Crippen molar-refractivity contribution >= 4 is 60.5 Å². The molecule has 0 aliphatic carbocycles. The number of rotatable bonds is 16. The zero-order valence-electron chi connectivity index (χ0n) is 35.1. The molecule has 2 atom stereocenters. The van der Waals surface area contributed by atoms with Gasteiger partial charge in [0.2, 0.25) is 0 Å². The molecule has 0 saturated carbocycles. The Balaban J connectivity index is 1.03. The van der Waals surface area contributed by atoms with Crippen LogP contribution in [0.15, 0.2) is 136 Å². The molecule has 2 heterocycles. The Bertz CT molecular complexity index is 2690. The zero-order valence-corrected chi connectivity index (χ0v) is 38.3. The van der Waals surface area contributed by atoms with Gasteiger partial charge in [0.15, 0.2) is 0 Å². The van der Waals surface area contributed by atoms with E-state index in [0.29, 0.717) is 69.2 Å². The standard InChI is InChI=1S/C47H47ClF3N5O6S3/c48-36-14-10-33(11-15-36)41-8-4-5-9-42(41)43(31-52)34-20-24-56(25-21-34)38-16-12-35(13-17-38)46(57)54-65(60,61)40-18-19-44(45(30-40)64(58,59)47(49,50)51)53-37(22-23-55-26-28-62-29-27-55)32-63-39-6-2-1-3-7-39/h1-19,30,34,37,43,53H,20-29,32H2,(H,54,57)/t37?,43-/m1/s1. The summed E-state index contributed by atoms with van der Waals surface area (Å²) >= 11 is 7.56. The van der Waals surface area contributed by atoms with Gasteiger partial charge < -0.3 is 15.0 Å². The maximum absolute atomic E-state index is 14.2. The predicted octanol–water partition coefficient (Wildman–Crippen LogP) is 9.24. The van der Waals surface area contributed by atoms with Gasteiger partial charge in [0.1, 0.15) is 4.90 Å². The lowest BCUT2D eigenvalue weighted by Crippen LogP contribution is -2.39. The van der Waals surface area contributed by atoms with Gasteiger partial charge >= 0.3 is 5.51 Å². The Morgan fingerprint density at radius 3 is 2.18 bits per heavy atom. The number of hydrogen-bond acceptors (Lipinski definition) is 11. The first-order chi connectivity index (χ1) is 31.1. The lowest BCUT2D eigenvalue weighted by Gasteiger charge is -2.36. The minimum atomic E-state index is -6.07. The average molecular weight is 967 g/mol. The van der Waals surface area contributed by atoms with Crippen molar-refractivity contribution in [3.05, 3.63) is 137 Å². The predicted molar refractivity (Wildman–Crippen MR) is 247 cm³/mol. The molecule has 2 aliphatic heterocycles. The number of halogens is 4. The molecule has 2 aliphatic rings. The van der Waals surface area contributed by atoms with Gasteiger partial charge in [-0.05, 0) is 109 Å². The second kappa shape index (κ2) is 21.0. The number of nitrogens with one attached hydrogen (secondary N) is 2. The normalized spacial score (nSPS) is 16.3. The number of carbonyl (C=O) groups excluding carboxylic acids is 1. The van der Waals surface area contributed by atoms with Crippen LogP contribution < -0.4 is 14.9 Å². The van der Waals surface area contributed by atoms with Gasteiger partial charge in [0.05, 0.1) is 35.8 Å². The van der Waals surface area contributed by atoms with E-state index in [2.05, 4.69) is 21.2 Å². The molecule has 11 nitrogen and oxygen atoms in total. The molecular formula is C47H47ClF3N5O6S3. The average Bonchev–Trinajstić information content (AvgIpc) is 3.31. The first-order valence-corrected chi connectivity index (χ1v) is 25.3. The Kier molecular flexibility index (Phi) is 15.5. The van der Waals surface area contributed by atoms with E-state index < -0.39 is 52.8 Å². The molecule has 0 aromatic heterocycles. The van der Waals surface area contributed by atoms with Crippen LogP contribution >= 0.6 is 23.4 Å². The summed E-state index contributed by atoms with van der Waals surface area (Å²) in [5.74, 6) is -0.970. The fourth-order valence-electron chi connectivity index (χ4n) is 8.07. The Labute approximate surface area is 386 Å².